The Hall–Kier alpha value is -2.83. The number of nitrogens with zero attached hydrogens (tertiary/aromatic N) is 3. The van der Waals surface area contributed by atoms with E-state index >= 15 is 0 Å². The number of rotatable bonds is 6. The van der Waals surface area contributed by atoms with Crippen LogP contribution in [-0.2, 0) is 22.6 Å². The highest BCUT2D eigenvalue weighted by molar-refractivity contribution is 5.92. The van der Waals surface area contributed by atoms with Crippen LogP contribution in [0.2, 0.25) is 0 Å². The summed E-state index contributed by atoms with van der Waals surface area (Å²) < 4.78 is 6.87. The van der Waals surface area contributed by atoms with E-state index in [1.165, 1.54) is 6.42 Å². The second kappa shape index (κ2) is 7.42. The molecule has 2 heterocycles. The first-order chi connectivity index (χ1) is 13.1. The number of fused-ring (bicyclic) bond motifs is 2. The number of ether oxygens (including phenoxy) is 1. The molecule has 2 fully saturated rings. The highest BCUT2D eigenvalue weighted by Gasteiger charge is 2.40. The maximum Gasteiger partial charge on any atom is 0.244 e. The zero-order valence-electron chi connectivity index (χ0n) is 15.4. The first-order valence-corrected chi connectivity index (χ1v) is 9.36. The van der Waals surface area contributed by atoms with Crippen molar-refractivity contribution < 1.29 is 14.3 Å². The van der Waals surface area contributed by atoms with Crippen LogP contribution in [0.1, 0.15) is 24.8 Å². The van der Waals surface area contributed by atoms with Gasteiger partial charge in [0.25, 0.3) is 0 Å². The molecule has 2 atom stereocenters. The van der Waals surface area contributed by atoms with E-state index in [-0.39, 0.29) is 24.8 Å². The summed E-state index contributed by atoms with van der Waals surface area (Å²) in [6.45, 7) is 1.10. The third-order valence-corrected chi connectivity index (χ3v) is 5.49. The van der Waals surface area contributed by atoms with Crippen molar-refractivity contribution in [2.75, 3.05) is 19.0 Å². The molecule has 7 heteroatoms. The van der Waals surface area contributed by atoms with E-state index in [1.807, 2.05) is 29.2 Å². The van der Waals surface area contributed by atoms with Crippen LogP contribution in [0.5, 0.6) is 5.75 Å². The zero-order valence-corrected chi connectivity index (χ0v) is 15.4. The normalized spacial score (nSPS) is 20.7. The van der Waals surface area contributed by atoms with Crippen molar-refractivity contribution in [2.24, 2.45) is 5.92 Å². The van der Waals surface area contributed by atoms with Crippen LogP contribution < -0.4 is 10.1 Å². The fourth-order valence-corrected chi connectivity index (χ4v) is 4.20. The molecule has 0 radical (unpaired) electrons. The highest BCUT2D eigenvalue weighted by Crippen LogP contribution is 2.37. The molecule has 1 aromatic carbocycles. The van der Waals surface area contributed by atoms with E-state index in [4.69, 9.17) is 4.74 Å². The average molecular weight is 368 g/mol. The van der Waals surface area contributed by atoms with Crippen LogP contribution in [0.25, 0.3) is 0 Å². The molecule has 1 aromatic heterocycles. The summed E-state index contributed by atoms with van der Waals surface area (Å²) in [5, 5.41) is 7.04. The van der Waals surface area contributed by atoms with E-state index in [2.05, 4.69) is 10.4 Å². The minimum absolute atomic E-state index is 0.109. The molecule has 2 bridgehead atoms. The van der Waals surface area contributed by atoms with Gasteiger partial charge in [-0.3, -0.25) is 14.3 Å². The summed E-state index contributed by atoms with van der Waals surface area (Å²) in [5.74, 6) is 1.33. The van der Waals surface area contributed by atoms with E-state index in [9.17, 15) is 9.59 Å². The van der Waals surface area contributed by atoms with Gasteiger partial charge in [0.05, 0.1) is 25.4 Å². The Labute approximate surface area is 158 Å². The number of methoxy groups -OCH3 is 1. The molecule has 2 aliphatic rings. The number of para-hydroxylation sites is 1. The molecule has 1 aliphatic heterocycles. The van der Waals surface area contributed by atoms with E-state index in [0.29, 0.717) is 23.4 Å². The third kappa shape index (κ3) is 3.82. The minimum atomic E-state index is -0.151. The number of hydrogen-bond donors (Lipinski definition) is 1. The predicted octanol–water partition coefficient (Wildman–Crippen LogP) is 2.08. The minimum Gasteiger partial charge on any atom is -0.496 e. The third-order valence-electron chi connectivity index (χ3n) is 5.49. The largest absolute Gasteiger partial charge is 0.496 e. The molecule has 142 valence electrons. The number of likely N-dealkylation sites (tertiary alicyclic amines) is 1. The smallest absolute Gasteiger partial charge is 0.244 e. The number of piperidine rings is 1. The van der Waals surface area contributed by atoms with Gasteiger partial charge in [-0.1, -0.05) is 18.2 Å². The van der Waals surface area contributed by atoms with Crippen molar-refractivity contribution in [3.63, 3.8) is 0 Å². The van der Waals surface area contributed by atoms with E-state index < -0.39 is 0 Å². The molecule has 2 aromatic rings. The van der Waals surface area contributed by atoms with Crippen LogP contribution in [0.15, 0.2) is 36.7 Å². The second-order valence-electron chi connectivity index (χ2n) is 7.34. The van der Waals surface area contributed by atoms with Crippen LogP contribution in [0.3, 0.4) is 0 Å². The van der Waals surface area contributed by atoms with Gasteiger partial charge in [-0.05, 0) is 31.2 Å². The SMILES string of the molecule is COc1ccccc1CC(=O)Nc1cnn(CC(=O)N2C[C@H]3CC[C@H]2C3)c1. The molecule has 7 nitrogen and oxygen atoms in total. The molecule has 1 saturated heterocycles. The Kier molecular flexibility index (Phi) is 4.83. The van der Waals surface area contributed by atoms with Crippen molar-refractivity contribution >= 4 is 17.5 Å². The fourth-order valence-electron chi connectivity index (χ4n) is 4.20. The Balaban J connectivity index is 1.32. The molecule has 0 spiro atoms. The van der Waals surface area contributed by atoms with Crippen LogP contribution in [0.4, 0.5) is 5.69 Å². The van der Waals surface area contributed by atoms with Crippen LogP contribution in [-0.4, -0.2) is 46.2 Å². The molecular formula is C20H24N4O3. The van der Waals surface area contributed by atoms with Gasteiger partial charge in [0.15, 0.2) is 0 Å². The number of carbonyl (C=O) groups excluding carboxylic acids is 2. The molecule has 1 N–H and O–H groups in total. The molecular weight excluding hydrogens is 344 g/mol. The average Bonchev–Trinajstić information content (AvgIpc) is 3.39. The molecule has 27 heavy (non-hydrogen) atoms. The van der Waals surface area contributed by atoms with Gasteiger partial charge in [0.1, 0.15) is 12.3 Å². The molecule has 4 rings (SSSR count). The van der Waals surface area contributed by atoms with Crippen LogP contribution in [0, 0.1) is 5.92 Å². The summed E-state index contributed by atoms with van der Waals surface area (Å²) in [5.41, 5.74) is 1.41. The number of benzene rings is 1. The summed E-state index contributed by atoms with van der Waals surface area (Å²) >= 11 is 0. The zero-order chi connectivity index (χ0) is 18.8. The Morgan fingerprint density at radius 2 is 2.15 bits per heavy atom. The Morgan fingerprint density at radius 1 is 1.30 bits per heavy atom. The quantitative estimate of drug-likeness (QED) is 0.847. The van der Waals surface area contributed by atoms with Crippen molar-refractivity contribution in [1.29, 1.82) is 0 Å². The molecule has 1 saturated carbocycles. The first kappa shape index (κ1) is 17.6. The van der Waals surface area contributed by atoms with Crippen molar-refractivity contribution in [1.82, 2.24) is 14.7 Å². The number of nitrogens with one attached hydrogen (secondary N) is 1. The Morgan fingerprint density at radius 3 is 2.89 bits per heavy atom. The lowest BCUT2D eigenvalue weighted by Gasteiger charge is -2.26. The van der Waals surface area contributed by atoms with Crippen LogP contribution >= 0.6 is 0 Å². The number of carbonyl (C=O) groups is 2. The molecule has 0 unspecified atom stereocenters. The van der Waals surface area contributed by atoms with E-state index in [1.54, 1.807) is 24.2 Å². The lowest BCUT2D eigenvalue weighted by atomic mass is 10.1. The maximum absolute atomic E-state index is 12.5. The fraction of sp³-hybridized carbons (Fsp3) is 0.450. The number of amides is 2. The van der Waals surface area contributed by atoms with Gasteiger partial charge >= 0.3 is 0 Å². The van der Waals surface area contributed by atoms with Crippen molar-refractivity contribution in [3.8, 4) is 5.75 Å². The van der Waals surface area contributed by atoms with Gasteiger partial charge in [0, 0.05) is 24.3 Å². The van der Waals surface area contributed by atoms with Crippen molar-refractivity contribution in [3.05, 3.63) is 42.2 Å². The van der Waals surface area contributed by atoms with Crippen molar-refractivity contribution in [2.45, 2.75) is 38.3 Å². The van der Waals surface area contributed by atoms with Gasteiger partial charge in [-0.2, -0.15) is 5.10 Å². The topological polar surface area (TPSA) is 76.5 Å². The van der Waals surface area contributed by atoms with Gasteiger partial charge < -0.3 is 15.0 Å². The number of hydrogen-bond acceptors (Lipinski definition) is 4. The molecule has 1 aliphatic carbocycles. The molecule has 2 amide bonds. The highest BCUT2D eigenvalue weighted by atomic mass is 16.5. The Bertz CT molecular complexity index is 847. The number of anilines is 1. The van der Waals surface area contributed by atoms with Gasteiger partial charge in [-0.25, -0.2) is 0 Å². The predicted molar refractivity (Wildman–Crippen MR) is 100 cm³/mol. The van der Waals surface area contributed by atoms with E-state index in [0.717, 1.165) is 24.9 Å². The summed E-state index contributed by atoms with van der Waals surface area (Å²) in [6.07, 6.45) is 7.01. The lowest BCUT2D eigenvalue weighted by Crippen LogP contribution is -2.39. The second-order valence-corrected chi connectivity index (χ2v) is 7.34. The van der Waals surface area contributed by atoms with Gasteiger partial charge in [0.2, 0.25) is 11.8 Å². The summed E-state index contributed by atoms with van der Waals surface area (Å²) in [7, 11) is 1.59. The number of aromatic nitrogens is 2. The standard InChI is InChI=1S/C20H24N4O3/c1-27-18-5-3-2-4-15(18)9-19(25)22-16-10-21-23(12-16)13-20(26)24-11-14-6-7-17(24)8-14/h2-5,10,12,14,17H,6-9,11,13H2,1H3,(H,22,25)/t14-,17-/m0/s1. The summed E-state index contributed by atoms with van der Waals surface area (Å²) in [6, 6.07) is 7.85. The summed E-state index contributed by atoms with van der Waals surface area (Å²) in [4.78, 5) is 26.8. The first-order valence-electron chi connectivity index (χ1n) is 9.36. The lowest BCUT2D eigenvalue weighted by molar-refractivity contribution is -0.133. The maximum atomic E-state index is 12.5. The monoisotopic (exact) mass is 368 g/mol. The van der Waals surface area contributed by atoms with Gasteiger partial charge in [-0.15, -0.1) is 0 Å².